The van der Waals surface area contributed by atoms with Gasteiger partial charge in [-0.3, -0.25) is 0 Å². The fraction of sp³-hybridized carbons (Fsp3) is 0.276. The molecule has 0 aromatic heterocycles. The van der Waals surface area contributed by atoms with Crippen molar-refractivity contribution in [2.75, 3.05) is 5.32 Å². The summed E-state index contributed by atoms with van der Waals surface area (Å²) in [6, 6.07) is 48.8. The normalized spacial score (nSPS) is 13.4. The average molecular weight is 778 g/mol. The highest BCUT2D eigenvalue weighted by atomic mass is 14.9. The molecule has 1 aliphatic heterocycles. The zero-order chi connectivity index (χ0) is 42.7. The summed E-state index contributed by atoms with van der Waals surface area (Å²) in [7, 11) is 0. The van der Waals surface area contributed by atoms with Crippen molar-refractivity contribution in [2.24, 2.45) is 0 Å². The summed E-state index contributed by atoms with van der Waals surface area (Å²) in [6.45, 7) is 25.6. The van der Waals surface area contributed by atoms with Gasteiger partial charge in [-0.05, 0) is 117 Å². The summed E-state index contributed by atoms with van der Waals surface area (Å²) in [4.78, 5) is 0. The molecular formula is C58H67N. The van der Waals surface area contributed by atoms with Crippen molar-refractivity contribution < 1.29 is 0 Å². The first-order valence-electron chi connectivity index (χ1n) is 22.3. The molecule has 1 nitrogen and oxygen atoms in total. The van der Waals surface area contributed by atoms with E-state index in [-0.39, 0.29) is 5.41 Å². The minimum absolute atomic E-state index is 0.150. The Morgan fingerprint density at radius 1 is 0.593 bits per heavy atom. The van der Waals surface area contributed by atoms with E-state index < -0.39 is 0 Å². The van der Waals surface area contributed by atoms with Crippen LogP contribution in [-0.2, 0) is 5.41 Å². The van der Waals surface area contributed by atoms with Crippen LogP contribution in [0.1, 0.15) is 118 Å². The lowest BCUT2D eigenvalue weighted by Gasteiger charge is -2.25. The van der Waals surface area contributed by atoms with Gasteiger partial charge in [-0.1, -0.05) is 208 Å². The van der Waals surface area contributed by atoms with E-state index in [4.69, 9.17) is 0 Å². The third kappa shape index (κ3) is 9.01. The van der Waals surface area contributed by atoms with Crippen molar-refractivity contribution in [2.45, 2.75) is 108 Å². The number of anilines is 2. The molecule has 1 heterocycles. The lowest BCUT2D eigenvalue weighted by atomic mass is 9.79. The Morgan fingerprint density at radius 3 is 1.95 bits per heavy atom. The van der Waals surface area contributed by atoms with Crippen LogP contribution in [0.4, 0.5) is 11.4 Å². The molecule has 1 N–H and O–H groups in total. The zero-order valence-corrected chi connectivity index (χ0v) is 38.0. The summed E-state index contributed by atoms with van der Waals surface area (Å²) in [5, 5.41) is 11.4. The smallest absolute Gasteiger partial charge is 0.0470 e. The van der Waals surface area contributed by atoms with Crippen LogP contribution in [-0.4, -0.2) is 0 Å². The number of hydrogen-bond acceptors (Lipinski definition) is 1. The van der Waals surface area contributed by atoms with E-state index in [9.17, 15) is 0 Å². The molecule has 0 bridgehead atoms. The molecule has 1 aliphatic carbocycles. The number of hydrogen-bond donors (Lipinski definition) is 1. The van der Waals surface area contributed by atoms with Gasteiger partial charge in [-0.25, -0.2) is 0 Å². The Hall–Kier alpha value is -5.66. The predicted octanol–water partition coefficient (Wildman–Crippen LogP) is 16.3. The molecule has 0 unspecified atom stereocenters. The molecule has 1 heteroatoms. The second-order valence-electron chi connectivity index (χ2n) is 15.2. The zero-order valence-electron chi connectivity index (χ0n) is 38.0. The first-order valence-corrected chi connectivity index (χ1v) is 22.3. The molecule has 0 saturated carbocycles. The Kier molecular flexibility index (Phi) is 15.3. The Morgan fingerprint density at radius 2 is 1.27 bits per heavy atom. The minimum atomic E-state index is 0.150. The summed E-state index contributed by atoms with van der Waals surface area (Å²) < 4.78 is 0. The van der Waals surface area contributed by atoms with Crippen molar-refractivity contribution in [1.82, 2.24) is 0 Å². The number of allylic oxidation sites excluding steroid dienone is 2. The summed E-state index contributed by atoms with van der Waals surface area (Å²) >= 11 is 0. The quantitative estimate of drug-likeness (QED) is 0.184. The van der Waals surface area contributed by atoms with E-state index in [1.54, 1.807) is 11.1 Å². The number of nitrogens with one attached hydrogen (secondary N) is 1. The van der Waals surface area contributed by atoms with E-state index in [0.717, 1.165) is 6.42 Å². The molecule has 9 rings (SSSR count). The van der Waals surface area contributed by atoms with Crippen molar-refractivity contribution >= 4 is 50.6 Å². The van der Waals surface area contributed by atoms with Gasteiger partial charge in [0.25, 0.3) is 0 Å². The van der Waals surface area contributed by atoms with Crippen LogP contribution in [0.15, 0.2) is 139 Å². The highest BCUT2D eigenvalue weighted by molar-refractivity contribution is 6.17. The van der Waals surface area contributed by atoms with Gasteiger partial charge >= 0.3 is 0 Å². The van der Waals surface area contributed by atoms with Crippen LogP contribution < -0.4 is 15.8 Å². The third-order valence-corrected chi connectivity index (χ3v) is 11.5. The molecule has 0 fully saturated rings. The minimum Gasteiger partial charge on any atom is -0.354 e. The van der Waals surface area contributed by atoms with Gasteiger partial charge in [0, 0.05) is 27.7 Å². The third-order valence-electron chi connectivity index (χ3n) is 11.5. The van der Waals surface area contributed by atoms with Gasteiger partial charge in [0.1, 0.15) is 0 Å². The Balaban J connectivity index is 0.000000201. The summed E-state index contributed by atoms with van der Waals surface area (Å²) in [5.74, 6) is 0. The van der Waals surface area contributed by atoms with Gasteiger partial charge < -0.3 is 5.32 Å². The molecule has 0 spiro atoms. The van der Waals surface area contributed by atoms with Crippen LogP contribution in [0.2, 0.25) is 0 Å². The monoisotopic (exact) mass is 778 g/mol. The van der Waals surface area contributed by atoms with Crippen molar-refractivity contribution in [3.05, 3.63) is 172 Å². The molecule has 304 valence electrons. The number of rotatable bonds is 5. The van der Waals surface area contributed by atoms with Crippen LogP contribution in [0, 0.1) is 6.92 Å². The maximum atomic E-state index is 3.65. The van der Waals surface area contributed by atoms with E-state index in [2.05, 4.69) is 192 Å². The second kappa shape index (κ2) is 20.3. The maximum Gasteiger partial charge on any atom is 0.0470 e. The fourth-order valence-electron chi connectivity index (χ4n) is 8.78. The molecule has 0 radical (unpaired) electrons. The van der Waals surface area contributed by atoms with Gasteiger partial charge in [0.15, 0.2) is 0 Å². The highest BCUT2D eigenvalue weighted by Gasteiger charge is 2.36. The Labute approximate surface area is 356 Å². The lowest BCUT2D eigenvalue weighted by Crippen LogP contribution is -2.23. The molecule has 0 amide bonds. The standard InChI is InChI=1S/C27H19N.C25H30.3C2H6/c1-17-8-10-18(11-9-17)20-12-14-22-21(16-20)13-15-25-27(22)23-6-2-4-19-5-3-7-24(28-25)26(19)23;1-6-11-23-21(8-3)22-15-14-18(17-24(22)25(23,4)5)16-20-13-10-9-12-19(20)7-2;3*1-2/h2-16,28H,1H3;7,9-10,12-17H,6,8,11H2,1-5H3;3*1-2H3/b;19-7-,20-16-;;;. The van der Waals surface area contributed by atoms with Crippen molar-refractivity contribution in [3.8, 4) is 22.3 Å². The van der Waals surface area contributed by atoms with Crippen molar-refractivity contribution in [3.63, 3.8) is 0 Å². The van der Waals surface area contributed by atoms with Gasteiger partial charge in [-0.15, -0.1) is 0 Å². The highest BCUT2D eigenvalue weighted by Crippen LogP contribution is 2.50. The van der Waals surface area contributed by atoms with Gasteiger partial charge in [0.2, 0.25) is 0 Å². The first-order chi connectivity index (χ1) is 28.8. The first kappa shape index (κ1) is 44.4. The van der Waals surface area contributed by atoms with Gasteiger partial charge in [-0.2, -0.15) is 0 Å². The second-order valence-corrected chi connectivity index (χ2v) is 15.2. The summed E-state index contributed by atoms with van der Waals surface area (Å²) in [5.41, 5.74) is 16.4. The predicted molar refractivity (Wildman–Crippen MR) is 265 cm³/mol. The topological polar surface area (TPSA) is 12.0 Å². The van der Waals surface area contributed by atoms with Crippen LogP contribution in [0.25, 0.3) is 61.5 Å². The summed E-state index contributed by atoms with van der Waals surface area (Å²) in [6.07, 6.45) is 8.04. The SMILES string of the molecule is C/C=c1/cccc/c1=C/c1ccc2c(c1)C(C)(C)C(CCC)=C2CC.CC.CC.CC.Cc1ccc(-c2ccc3c4c(ccc3c2)Nc2cccc3cccc-4c23)cc1. The number of fused-ring (bicyclic) bond motifs is 5. The molecule has 7 aromatic carbocycles. The Bertz CT molecular complexity index is 2660. The van der Waals surface area contributed by atoms with Crippen LogP contribution in [0.5, 0.6) is 0 Å². The molecule has 0 atom stereocenters. The van der Waals surface area contributed by atoms with Gasteiger partial charge in [0.05, 0.1) is 0 Å². The molecule has 59 heavy (non-hydrogen) atoms. The fourth-order valence-corrected chi connectivity index (χ4v) is 8.78. The number of benzene rings is 7. The average Bonchev–Trinajstić information content (AvgIpc) is 3.50. The maximum absolute atomic E-state index is 3.65. The number of aryl methyl sites for hydroxylation is 1. The van der Waals surface area contributed by atoms with Crippen LogP contribution in [0.3, 0.4) is 0 Å². The molecular weight excluding hydrogens is 711 g/mol. The lowest BCUT2D eigenvalue weighted by molar-refractivity contribution is 0.602. The largest absolute Gasteiger partial charge is 0.354 e. The molecule has 7 aromatic rings. The van der Waals surface area contributed by atoms with Crippen LogP contribution >= 0.6 is 0 Å². The van der Waals surface area contributed by atoms with E-state index in [1.807, 2.05) is 41.5 Å². The van der Waals surface area contributed by atoms with E-state index in [0.29, 0.717) is 0 Å². The molecule has 0 saturated heterocycles. The van der Waals surface area contributed by atoms with Crippen molar-refractivity contribution in [1.29, 1.82) is 0 Å². The molecule has 2 aliphatic rings. The van der Waals surface area contributed by atoms with E-state index in [1.165, 1.54) is 101 Å². The van der Waals surface area contributed by atoms with E-state index >= 15 is 0 Å².